The lowest BCUT2D eigenvalue weighted by molar-refractivity contribution is 0.308. The predicted molar refractivity (Wildman–Crippen MR) is 134 cm³/mol. The number of pyridine rings is 1. The highest BCUT2D eigenvalue weighted by atomic mass is 79.9. The summed E-state index contributed by atoms with van der Waals surface area (Å²) in [5.41, 5.74) is 9.63. The average molecular weight is 481 g/mol. The molecule has 0 aliphatic carbocycles. The maximum atomic E-state index is 5.96. The molecule has 0 unspecified atom stereocenters. The third-order valence-electron chi connectivity index (χ3n) is 5.92. The molecule has 3 nitrogen and oxygen atoms in total. The summed E-state index contributed by atoms with van der Waals surface area (Å²) in [5.74, 6) is 0.957. The van der Waals surface area contributed by atoms with Gasteiger partial charge in [-0.25, -0.2) is 0 Å². The van der Waals surface area contributed by atoms with E-state index >= 15 is 0 Å². The first-order valence-corrected chi connectivity index (χ1v) is 11.8. The van der Waals surface area contributed by atoms with Crippen molar-refractivity contribution in [3.05, 3.63) is 80.4 Å². The van der Waals surface area contributed by atoms with Crippen LogP contribution in [0.25, 0.3) is 11.3 Å². The fourth-order valence-corrected chi connectivity index (χ4v) is 4.56. The number of hydrogen-bond donors (Lipinski definition) is 0. The number of aromatic nitrogens is 1. The predicted octanol–water partition coefficient (Wildman–Crippen LogP) is 6.89. The van der Waals surface area contributed by atoms with Crippen molar-refractivity contribution in [2.75, 3.05) is 14.2 Å². The number of halogens is 1. The quantitative estimate of drug-likeness (QED) is 0.350. The van der Waals surface area contributed by atoms with E-state index in [4.69, 9.17) is 9.72 Å². The molecule has 0 atom stereocenters. The lowest BCUT2D eigenvalue weighted by atomic mass is 9.91. The molecular formula is C27H33BrN2O. The van der Waals surface area contributed by atoms with Gasteiger partial charge in [0.25, 0.3) is 0 Å². The van der Waals surface area contributed by atoms with E-state index in [2.05, 4.69) is 98.0 Å². The normalized spacial score (nSPS) is 11.2. The molecule has 0 fully saturated rings. The van der Waals surface area contributed by atoms with Crippen LogP contribution in [0.1, 0.15) is 47.4 Å². The first-order valence-electron chi connectivity index (χ1n) is 11.0. The summed E-state index contributed by atoms with van der Waals surface area (Å²) >= 11 is 3.51. The average Bonchev–Trinajstić information content (AvgIpc) is 2.77. The molecule has 31 heavy (non-hydrogen) atoms. The fourth-order valence-electron chi connectivity index (χ4n) is 4.30. The minimum Gasteiger partial charge on any atom is -0.496 e. The number of methoxy groups -OCH3 is 1. The molecule has 1 aromatic heterocycles. The van der Waals surface area contributed by atoms with Crippen molar-refractivity contribution in [1.82, 2.24) is 9.88 Å². The van der Waals surface area contributed by atoms with Gasteiger partial charge in [-0.15, -0.1) is 0 Å². The van der Waals surface area contributed by atoms with E-state index in [1.165, 1.54) is 22.3 Å². The van der Waals surface area contributed by atoms with Crippen LogP contribution < -0.4 is 4.74 Å². The smallest absolute Gasteiger partial charge is 0.130 e. The van der Waals surface area contributed by atoms with Gasteiger partial charge in [-0.1, -0.05) is 60.1 Å². The molecule has 4 heteroatoms. The van der Waals surface area contributed by atoms with Gasteiger partial charge in [-0.05, 0) is 62.6 Å². The molecule has 164 valence electrons. The van der Waals surface area contributed by atoms with E-state index in [9.17, 15) is 0 Å². The number of benzene rings is 2. The Bertz CT molecular complexity index is 1020. The van der Waals surface area contributed by atoms with Crippen LogP contribution in [-0.2, 0) is 25.9 Å². The molecule has 0 aliphatic rings. The number of nitrogens with zero attached hydrogens (tertiary/aromatic N) is 2. The molecule has 0 aliphatic heterocycles. The second-order valence-electron chi connectivity index (χ2n) is 8.14. The van der Waals surface area contributed by atoms with Gasteiger partial charge in [-0.2, -0.15) is 0 Å². The molecule has 0 saturated carbocycles. The monoisotopic (exact) mass is 480 g/mol. The zero-order valence-corrected chi connectivity index (χ0v) is 21.1. The lowest BCUT2D eigenvalue weighted by Gasteiger charge is -2.23. The van der Waals surface area contributed by atoms with Crippen LogP contribution in [0.15, 0.2) is 46.9 Å². The Morgan fingerprint density at radius 1 is 0.935 bits per heavy atom. The topological polar surface area (TPSA) is 25.4 Å². The maximum Gasteiger partial charge on any atom is 0.130 e. The van der Waals surface area contributed by atoms with Gasteiger partial charge < -0.3 is 4.74 Å². The van der Waals surface area contributed by atoms with Gasteiger partial charge in [0.05, 0.1) is 12.8 Å². The molecule has 3 rings (SSSR count). The standard InChI is InChI=1S/C27H33BrN2O/c1-7-21-10-9-11-22(8-2)25(21)26-18(3)27(31-6)24(19(4)29-26)17-30(5)16-20-12-14-23(28)15-13-20/h9-15H,7-8,16-17H2,1-6H3. The Balaban J connectivity index is 2.00. The van der Waals surface area contributed by atoms with Crippen molar-refractivity contribution in [2.45, 2.75) is 53.6 Å². The summed E-state index contributed by atoms with van der Waals surface area (Å²) in [6.45, 7) is 10.3. The highest BCUT2D eigenvalue weighted by Crippen LogP contribution is 2.37. The van der Waals surface area contributed by atoms with Crippen LogP contribution in [0.5, 0.6) is 5.75 Å². The molecule has 0 saturated heterocycles. The first kappa shape index (κ1) is 23.5. The summed E-state index contributed by atoms with van der Waals surface area (Å²) < 4.78 is 7.06. The Labute approximate surface area is 195 Å². The summed E-state index contributed by atoms with van der Waals surface area (Å²) in [4.78, 5) is 7.44. The third kappa shape index (κ3) is 5.19. The Morgan fingerprint density at radius 2 is 1.55 bits per heavy atom. The van der Waals surface area contributed by atoms with Crippen molar-refractivity contribution in [3.8, 4) is 17.0 Å². The molecule has 0 amide bonds. The number of ether oxygens (including phenoxy) is 1. The first-order chi connectivity index (χ1) is 14.9. The second-order valence-corrected chi connectivity index (χ2v) is 9.06. The van der Waals surface area contributed by atoms with Crippen molar-refractivity contribution in [2.24, 2.45) is 0 Å². The summed E-state index contributed by atoms with van der Waals surface area (Å²) in [6, 6.07) is 15.1. The molecule has 0 N–H and O–H groups in total. The van der Waals surface area contributed by atoms with E-state index in [1.807, 2.05) is 0 Å². The molecule has 0 radical (unpaired) electrons. The van der Waals surface area contributed by atoms with E-state index in [1.54, 1.807) is 7.11 Å². The third-order valence-corrected chi connectivity index (χ3v) is 6.45. The van der Waals surface area contributed by atoms with Crippen LogP contribution in [0.2, 0.25) is 0 Å². The molecule has 2 aromatic carbocycles. The maximum absolute atomic E-state index is 5.96. The van der Waals surface area contributed by atoms with Gasteiger partial charge in [0.15, 0.2) is 0 Å². The van der Waals surface area contributed by atoms with E-state index in [0.717, 1.165) is 58.7 Å². The zero-order valence-electron chi connectivity index (χ0n) is 19.6. The van der Waals surface area contributed by atoms with E-state index < -0.39 is 0 Å². The number of hydrogen-bond acceptors (Lipinski definition) is 3. The minimum atomic E-state index is 0.787. The summed E-state index contributed by atoms with van der Waals surface area (Å²) in [7, 11) is 3.92. The minimum absolute atomic E-state index is 0.787. The van der Waals surface area contributed by atoms with Crippen molar-refractivity contribution in [3.63, 3.8) is 0 Å². The highest BCUT2D eigenvalue weighted by Gasteiger charge is 2.21. The van der Waals surface area contributed by atoms with E-state index in [0.29, 0.717) is 0 Å². The lowest BCUT2D eigenvalue weighted by Crippen LogP contribution is -2.19. The van der Waals surface area contributed by atoms with Crippen LogP contribution in [0.4, 0.5) is 0 Å². The largest absolute Gasteiger partial charge is 0.496 e. The molecule has 0 spiro atoms. The fraction of sp³-hybridized carbons (Fsp3) is 0.370. The van der Waals surface area contributed by atoms with Crippen molar-refractivity contribution < 1.29 is 4.74 Å². The SMILES string of the molecule is CCc1cccc(CC)c1-c1nc(C)c(CN(C)Cc2ccc(Br)cc2)c(OC)c1C. The molecule has 0 bridgehead atoms. The Morgan fingerprint density at radius 3 is 2.10 bits per heavy atom. The molecule has 1 heterocycles. The van der Waals surface area contributed by atoms with Crippen LogP contribution >= 0.6 is 15.9 Å². The Kier molecular flexibility index (Phi) is 7.90. The second kappa shape index (κ2) is 10.4. The Hall–Kier alpha value is -2.17. The zero-order chi connectivity index (χ0) is 22.5. The highest BCUT2D eigenvalue weighted by molar-refractivity contribution is 9.10. The van der Waals surface area contributed by atoms with Crippen molar-refractivity contribution in [1.29, 1.82) is 0 Å². The van der Waals surface area contributed by atoms with Gasteiger partial charge in [0.1, 0.15) is 5.75 Å². The van der Waals surface area contributed by atoms with Crippen LogP contribution in [0.3, 0.4) is 0 Å². The van der Waals surface area contributed by atoms with Crippen LogP contribution in [0, 0.1) is 13.8 Å². The van der Waals surface area contributed by atoms with Gasteiger partial charge >= 0.3 is 0 Å². The van der Waals surface area contributed by atoms with E-state index in [-0.39, 0.29) is 0 Å². The molecule has 3 aromatic rings. The van der Waals surface area contributed by atoms with Gasteiger partial charge in [0.2, 0.25) is 0 Å². The summed E-state index contributed by atoms with van der Waals surface area (Å²) in [5, 5.41) is 0. The molecular weight excluding hydrogens is 448 g/mol. The van der Waals surface area contributed by atoms with Gasteiger partial charge in [-0.3, -0.25) is 9.88 Å². The van der Waals surface area contributed by atoms with Gasteiger partial charge in [0, 0.05) is 39.9 Å². The number of aryl methyl sites for hydroxylation is 3. The van der Waals surface area contributed by atoms with Crippen molar-refractivity contribution >= 4 is 15.9 Å². The van der Waals surface area contributed by atoms with Crippen LogP contribution in [-0.4, -0.2) is 24.0 Å². The number of rotatable bonds is 8. The summed E-state index contributed by atoms with van der Waals surface area (Å²) in [6.07, 6.45) is 1.98.